The minimum atomic E-state index is -4.75. The van der Waals surface area contributed by atoms with Crippen molar-refractivity contribution in [3.63, 3.8) is 0 Å². The highest BCUT2D eigenvalue weighted by Gasteiger charge is 2.34. The molecule has 1 fully saturated rings. The first kappa shape index (κ1) is 18.3. The number of likely N-dealkylation sites (tertiary alicyclic amines) is 1. The van der Waals surface area contributed by atoms with Crippen molar-refractivity contribution in [2.24, 2.45) is 5.92 Å². The number of piperidine rings is 1. The fourth-order valence-corrected chi connectivity index (χ4v) is 4.73. The number of carbonyl (C=O) groups is 1. The van der Waals surface area contributed by atoms with Gasteiger partial charge in [-0.15, -0.1) is 11.3 Å². The molecule has 1 aromatic heterocycles. The van der Waals surface area contributed by atoms with Gasteiger partial charge in [-0.05, 0) is 43.3 Å². The van der Waals surface area contributed by atoms with Gasteiger partial charge < -0.3 is 10.2 Å². The molecule has 1 saturated heterocycles. The molecule has 1 aliphatic heterocycles. The first-order valence-electron chi connectivity index (χ1n) is 7.47. The average molecular weight is 366 g/mol. The normalized spacial score (nSPS) is 17.0. The van der Waals surface area contributed by atoms with Gasteiger partial charge in [0.05, 0.1) is 4.90 Å². The van der Waals surface area contributed by atoms with Crippen molar-refractivity contribution in [1.82, 2.24) is 10.2 Å². The number of nitrogens with zero attached hydrogens (tertiary/aromatic N) is 1. The molecular formula is C14H20F2N2O3S2. The van der Waals surface area contributed by atoms with Crippen molar-refractivity contribution in [1.29, 1.82) is 0 Å². The molecule has 130 valence electrons. The quantitative estimate of drug-likeness (QED) is 0.838. The molecule has 0 spiro atoms. The SMILES string of the molecule is CCNCC1CCN(C(=O)c2sccc2S(=O)(=O)C(F)F)CC1. The van der Waals surface area contributed by atoms with Crippen molar-refractivity contribution in [2.75, 3.05) is 26.2 Å². The van der Waals surface area contributed by atoms with E-state index in [0.29, 0.717) is 19.0 Å². The molecule has 5 nitrogen and oxygen atoms in total. The van der Waals surface area contributed by atoms with Crippen LogP contribution in [0.4, 0.5) is 8.78 Å². The summed E-state index contributed by atoms with van der Waals surface area (Å²) in [4.78, 5) is 13.4. The maximum absolute atomic E-state index is 12.7. The van der Waals surface area contributed by atoms with Crippen LogP contribution in [0.3, 0.4) is 0 Å². The zero-order chi connectivity index (χ0) is 17.0. The summed E-state index contributed by atoms with van der Waals surface area (Å²) in [5.41, 5.74) is 0. The Labute approximate surface area is 138 Å². The Balaban J connectivity index is 2.07. The molecule has 23 heavy (non-hydrogen) atoms. The minimum Gasteiger partial charge on any atom is -0.338 e. The van der Waals surface area contributed by atoms with Crippen LogP contribution in [0, 0.1) is 5.92 Å². The van der Waals surface area contributed by atoms with Gasteiger partial charge in [0.2, 0.25) is 9.84 Å². The standard InChI is InChI=1S/C14H20F2N2O3S2/c1-2-17-9-10-3-6-18(7-4-10)13(19)12-11(5-8-22-12)23(20,21)14(15)16/h5,8,10,14,17H,2-4,6-7,9H2,1H3. The number of carbonyl (C=O) groups excluding carboxylic acids is 1. The zero-order valence-electron chi connectivity index (χ0n) is 12.8. The molecule has 1 N–H and O–H groups in total. The van der Waals surface area contributed by atoms with E-state index >= 15 is 0 Å². The third-order valence-corrected chi connectivity index (χ3v) is 6.40. The highest BCUT2D eigenvalue weighted by atomic mass is 32.2. The van der Waals surface area contributed by atoms with Crippen molar-refractivity contribution in [3.05, 3.63) is 16.3 Å². The van der Waals surface area contributed by atoms with Crippen LogP contribution < -0.4 is 5.32 Å². The number of thiophene rings is 1. The number of hydrogen-bond donors (Lipinski definition) is 1. The van der Waals surface area contributed by atoms with Crippen LogP contribution in [0.5, 0.6) is 0 Å². The molecule has 1 aliphatic rings. The molecule has 0 aliphatic carbocycles. The second kappa shape index (κ2) is 7.67. The van der Waals surface area contributed by atoms with Crippen LogP contribution in [0.1, 0.15) is 29.4 Å². The van der Waals surface area contributed by atoms with Crippen LogP contribution in [0.2, 0.25) is 0 Å². The predicted octanol–water partition coefficient (Wildman–Crippen LogP) is 2.21. The fraction of sp³-hybridized carbons (Fsp3) is 0.643. The lowest BCUT2D eigenvalue weighted by Gasteiger charge is -2.32. The Morgan fingerprint density at radius 3 is 2.65 bits per heavy atom. The molecular weight excluding hydrogens is 346 g/mol. The maximum atomic E-state index is 12.7. The van der Waals surface area contributed by atoms with Crippen molar-refractivity contribution >= 4 is 27.1 Å². The number of nitrogens with one attached hydrogen (secondary N) is 1. The fourth-order valence-electron chi connectivity index (χ4n) is 2.61. The van der Waals surface area contributed by atoms with Crippen LogP contribution in [0.15, 0.2) is 16.3 Å². The summed E-state index contributed by atoms with van der Waals surface area (Å²) in [7, 11) is -4.75. The molecule has 0 radical (unpaired) electrons. The maximum Gasteiger partial charge on any atom is 0.341 e. The molecule has 0 saturated carbocycles. The van der Waals surface area contributed by atoms with E-state index < -0.39 is 26.4 Å². The summed E-state index contributed by atoms with van der Waals surface area (Å²) in [6, 6.07) is 1.08. The van der Waals surface area contributed by atoms with E-state index in [1.54, 1.807) is 4.90 Å². The van der Waals surface area contributed by atoms with E-state index in [1.165, 1.54) is 5.38 Å². The molecule has 1 amide bonds. The van der Waals surface area contributed by atoms with Gasteiger partial charge in [-0.3, -0.25) is 4.79 Å². The largest absolute Gasteiger partial charge is 0.341 e. The summed E-state index contributed by atoms with van der Waals surface area (Å²) in [6.45, 7) is 4.84. The second-order valence-electron chi connectivity index (χ2n) is 5.46. The number of halogens is 2. The molecule has 9 heteroatoms. The first-order valence-corrected chi connectivity index (χ1v) is 9.90. The summed E-state index contributed by atoms with van der Waals surface area (Å²) in [5.74, 6) is -3.51. The molecule has 2 heterocycles. The van der Waals surface area contributed by atoms with Gasteiger partial charge in [-0.1, -0.05) is 6.92 Å². The van der Waals surface area contributed by atoms with E-state index in [-0.39, 0.29) is 4.88 Å². The predicted molar refractivity (Wildman–Crippen MR) is 84.7 cm³/mol. The van der Waals surface area contributed by atoms with Crippen molar-refractivity contribution in [2.45, 2.75) is 30.4 Å². The summed E-state index contributed by atoms with van der Waals surface area (Å²) < 4.78 is 48.7. The summed E-state index contributed by atoms with van der Waals surface area (Å²) >= 11 is 0.894. The Kier molecular flexibility index (Phi) is 6.10. The molecule has 0 atom stereocenters. The van der Waals surface area contributed by atoms with Gasteiger partial charge in [0.25, 0.3) is 5.91 Å². The second-order valence-corrected chi connectivity index (χ2v) is 8.27. The number of alkyl halides is 2. The van der Waals surface area contributed by atoms with Gasteiger partial charge >= 0.3 is 5.76 Å². The molecule has 1 aromatic rings. The lowest BCUT2D eigenvalue weighted by atomic mass is 9.96. The number of sulfone groups is 1. The van der Waals surface area contributed by atoms with E-state index in [2.05, 4.69) is 5.32 Å². The summed E-state index contributed by atoms with van der Waals surface area (Å²) in [6.07, 6.45) is 1.64. The molecule has 0 unspecified atom stereocenters. The van der Waals surface area contributed by atoms with Crippen LogP contribution >= 0.6 is 11.3 Å². The Morgan fingerprint density at radius 2 is 2.09 bits per heavy atom. The topological polar surface area (TPSA) is 66.5 Å². The Morgan fingerprint density at radius 1 is 1.43 bits per heavy atom. The monoisotopic (exact) mass is 366 g/mol. The van der Waals surface area contributed by atoms with E-state index in [4.69, 9.17) is 0 Å². The van der Waals surface area contributed by atoms with Crippen molar-refractivity contribution in [3.8, 4) is 0 Å². The summed E-state index contributed by atoms with van der Waals surface area (Å²) in [5, 5.41) is 4.63. The van der Waals surface area contributed by atoms with Crippen LogP contribution in [-0.4, -0.2) is 51.2 Å². The minimum absolute atomic E-state index is 0.115. The molecule has 2 rings (SSSR count). The van der Waals surface area contributed by atoms with Gasteiger partial charge in [0.1, 0.15) is 4.88 Å². The van der Waals surface area contributed by atoms with Gasteiger partial charge in [0.15, 0.2) is 0 Å². The number of amides is 1. The Hall–Kier alpha value is -1.06. The van der Waals surface area contributed by atoms with E-state index in [0.717, 1.165) is 43.3 Å². The van der Waals surface area contributed by atoms with E-state index in [9.17, 15) is 22.0 Å². The zero-order valence-corrected chi connectivity index (χ0v) is 14.4. The molecule has 0 bridgehead atoms. The highest BCUT2D eigenvalue weighted by molar-refractivity contribution is 7.92. The highest BCUT2D eigenvalue weighted by Crippen LogP contribution is 2.29. The van der Waals surface area contributed by atoms with Gasteiger partial charge in [-0.25, -0.2) is 8.42 Å². The van der Waals surface area contributed by atoms with E-state index in [1.807, 2.05) is 6.92 Å². The van der Waals surface area contributed by atoms with Gasteiger partial charge in [0, 0.05) is 13.1 Å². The lowest BCUT2D eigenvalue weighted by molar-refractivity contribution is 0.0691. The molecule has 0 aromatic carbocycles. The Bertz CT molecular complexity index is 638. The van der Waals surface area contributed by atoms with Crippen LogP contribution in [0.25, 0.3) is 0 Å². The number of hydrogen-bond acceptors (Lipinski definition) is 5. The van der Waals surface area contributed by atoms with Crippen molar-refractivity contribution < 1.29 is 22.0 Å². The third-order valence-electron chi connectivity index (χ3n) is 3.95. The third kappa shape index (κ3) is 4.07. The average Bonchev–Trinajstić information content (AvgIpc) is 3.03. The van der Waals surface area contributed by atoms with Gasteiger partial charge in [-0.2, -0.15) is 8.78 Å². The smallest absolute Gasteiger partial charge is 0.338 e. The number of rotatable bonds is 6. The first-order chi connectivity index (χ1) is 10.9. The lowest BCUT2D eigenvalue weighted by Crippen LogP contribution is -2.40. The van der Waals surface area contributed by atoms with Crippen LogP contribution in [-0.2, 0) is 9.84 Å².